The van der Waals surface area contributed by atoms with Crippen molar-refractivity contribution in [2.75, 3.05) is 5.32 Å². The van der Waals surface area contributed by atoms with E-state index in [9.17, 15) is 4.79 Å². The first-order valence-electron chi connectivity index (χ1n) is 5.54. The van der Waals surface area contributed by atoms with Gasteiger partial charge >= 0.3 is 0 Å². The Balaban J connectivity index is 1.91. The van der Waals surface area contributed by atoms with Gasteiger partial charge in [-0.1, -0.05) is 15.9 Å². The van der Waals surface area contributed by atoms with Crippen molar-refractivity contribution in [3.05, 3.63) is 41.4 Å². The minimum atomic E-state index is -0.0414. The van der Waals surface area contributed by atoms with Gasteiger partial charge in [0.25, 0.3) is 0 Å². The quantitative estimate of drug-likeness (QED) is 0.944. The van der Waals surface area contributed by atoms with Crippen LogP contribution in [0.2, 0.25) is 0 Å². The fraction of sp³-hybridized carbons (Fsp3) is 0.250. The van der Waals surface area contributed by atoms with Crippen LogP contribution in [-0.4, -0.2) is 20.7 Å². The molecule has 0 unspecified atom stereocenters. The van der Waals surface area contributed by atoms with E-state index in [4.69, 9.17) is 0 Å². The molecule has 0 aliphatic rings. The minimum Gasteiger partial charge on any atom is -0.326 e. The fourth-order valence-corrected chi connectivity index (χ4v) is 1.82. The Morgan fingerprint density at radius 2 is 2.17 bits per heavy atom. The van der Waals surface area contributed by atoms with Crippen molar-refractivity contribution >= 4 is 27.5 Å². The Morgan fingerprint density at radius 3 is 2.78 bits per heavy atom. The number of hydrogen-bond donors (Lipinski definition) is 1. The van der Waals surface area contributed by atoms with Crippen LogP contribution in [0.25, 0.3) is 0 Å². The number of nitrogens with one attached hydrogen (secondary N) is 1. The molecule has 1 heterocycles. The topological polar surface area (TPSA) is 59.8 Å². The molecule has 1 atom stereocenters. The van der Waals surface area contributed by atoms with E-state index in [0.717, 1.165) is 10.2 Å². The molecule has 94 valence electrons. The number of anilines is 1. The summed E-state index contributed by atoms with van der Waals surface area (Å²) in [5.74, 6) is -0.0414. The Kier molecular flexibility index (Phi) is 4.09. The largest absolute Gasteiger partial charge is 0.326 e. The second kappa shape index (κ2) is 5.77. The molecule has 0 spiro atoms. The van der Waals surface area contributed by atoms with Gasteiger partial charge in [-0.05, 0) is 31.2 Å². The van der Waals surface area contributed by atoms with Crippen molar-refractivity contribution < 1.29 is 4.79 Å². The molecule has 0 bridgehead atoms. The van der Waals surface area contributed by atoms with Crippen LogP contribution in [0.4, 0.5) is 5.69 Å². The first kappa shape index (κ1) is 12.8. The highest BCUT2D eigenvalue weighted by Crippen LogP contribution is 2.15. The van der Waals surface area contributed by atoms with E-state index in [1.54, 1.807) is 11.0 Å². The van der Waals surface area contributed by atoms with Gasteiger partial charge < -0.3 is 5.32 Å². The molecule has 0 aliphatic carbocycles. The fourth-order valence-electron chi connectivity index (χ4n) is 1.55. The highest BCUT2D eigenvalue weighted by atomic mass is 79.9. The van der Waals surface area contributed by atoms with Gasteiger partial charge in [0.15, 0.2) is 0 Å². The average Bonchev–Trinajstić information content (AvgIpc) is 2.85. The molecular weight excluding hydrogens is 296 g/mol. The third kappa shape index (κ3) is 3.40. The number of aromatic nitrogens is 3. The predicted molar refractivity (Wildman–Crippen MR) is 72.1 cm³/mol. The average molecular weight is 309 g/mol. The molecular formula is C12H13BrN4O. The SMILES string of the molecule is C[C@@H](CC(=O)Nc1ccc(Br)cc1)n1cncn1. The number of carbonyl (C=O) groups is 1. The van der Waals surface area contributed by atoms with E-state index in [1.807, 2.05) is 31.2 Å². The maximum Gasteiger partial charge on any atom is 0.226 e. The molecule has 0 saturated heterocycles. The van der Waals surface area contributed by atoms with E-state index in [1.165, 1.54) is 6.33 Å². The van der Waals surface area contributed by atoms with Gasteiger partial charge in [-0.15, -0.1) is 0 Å². The van der Waals surface area contributed by atoms with Crippen molar-refractivity contribution in [3.63, 3.8) is 0 Å². The van der Waals surface area contributed by atoms with Crippen molar-refractivity contribution in [1.29, 1.82) is 0 Å². The summed E-state index contributed by atoms with van der Waals surface area (Å²) in [5.41, 5.74) is 0.786. The second-order valence-electron chi connectivity index (χ2n) is 3.98. The standard InChI is InChI=1S/C12H13BrN4O/c1-9(17-8-14-7-15-17)6-12(18)16-11-4-2-10(13)3-5-11/h2-5,7-9H,6H2,1H3,(H,16,18)/t9-/m0/s1. The number of halogens is 1. The zero-order valence-corrected chi connectivity index (χ0v) is 11.5. The molecule has 2 aromatic rings. The minimum absolute atomic E-state index is 0.0112. The molecule has 6 heteroatoms. The summed E-state index contributed by atoms with van der Waals surface area (Å²) in [6, 6.07) is 7.46. The van der Waals surface area contributed by atoms with Crippen molar-refractivity contribution in [3.8, 4) is 0 Å². The van der Waals surface area contributed by atoms with Crippen LogP contribution in [0.15, 0.2) is 41.4 Å². The van der Waals surface area contributed by atoms with Gasteiger partial charge in [0.2, 0.25) is 5.91 Å². The van der Waals surface area contributed by atoms with Gasteiger partial charge in [-0.2, -0.15) is 5.10 Å². The summed E-state index contributed by atoms with van der Waals surface area (Å²) in [7, 11) is 0. The van der Waals surface area contributed by atoms with Crippen LogP contribution in [-0.2, 0) is 4.79 Å². The van der Waals surface area contributed by atoms with Gasteiger partial charge in [0, 0.05) is 16.6 Å². The number of hydrogen-bond acceptors (Lipinski definition) is 3. The third-order valence-electron chi connectivity index (χ3n) is 2.50. The second-order valence-corrected chi connectivity index (χ2v) is 4.90. The van der Waals surface area contributed by atoms with Gasteiger partial charge in [-0.25, -0.2) is 9.67 Å². The van der Waals surface area contributed by atoms with Crippen LogP contribution in [0, 0.1) is 0 Å². The zero-order chi connectivity index (χ0) is 13.0. The summed E-state index contributed by atoms with van der Waals surface area (Å²) >= 11 is 3.35. The van der Waals surface area contributed by atoms with E-state index in [2.05, 4.69) is 31.3 Å². The summed E-state index contributed by atoms with van der Waals surface area (Å²) in [4.78, 5) is 15.7. The van der Waals surface area contributed by atoms with E-state index in [-0.39, 0.29) is 11.9 Å². The molecule has 1 amide bonds. The number of benzene rings is 1. The molecule has 1 aromatic heterocycles. The number of carbonyl (C=O) groups excluding carboxylic acids is 1. The van der Waals surface area contributed by atoms with Crippen molar-refractivity contribution in [2.24, 2.45) is 0 Å². The molecule has 0 fully saturated rings. The van der Waals surface area contributed by atoms with Crippen molar-refractivity contribution in [2.45, 2.75) is 19.4 Å². The van der Waals surface area contributed by atoms with Gasteiger partial charge in [0.1, 0.15) is 12.7 Å². The lowest BCUT2D eigenvalue weighted by Gasteiger charge is -2.11. The molecule has 1 N–H and O–H groups in total. The number of nitrogens with zero attached hydrogens (tertiary/aromatic N) is 3. The third-order valence-corrected chi connectivity index (χ3v) is 3.03. The first-order chi connectivity index (χ1) is 8.65. The summed E-state index contributed by atoms with van der Waals surface area (Å²) in [6.45, 7) is 1.93. The Hall–Kier alpha value is -1.69. The van der Waals surface area contributed by atoms with Crippen molar-refractivity contribution in [1.82, 2.24) is 14.8 Å². The van der Waals surface area contributed by atoms with Crippen LogP contribution < -0.4 is 5.32 Å². The highest BCUT2D eigenvalue weighted by molar-refractivity contribution is 9.10. The summed E-state index contributed by atoms with van der Waals surface area (Å²) in [5, 5.41) is 6.85. The lowest BCUT2D eigenvalue weighted by atomic mass is 10.2. The molecule has 0 aliphatic heterocycles. The zero-order valence-electron chi connectivity index (χ0n) is 9.88. The smallest absolute Gasteiger partial charge is 0.226 e. The Bertz CT molecular complexity index is 509. The molecule has 2 rings (SSSR count). The Labute approximate surface area is 113 Å². The molecule has 0 saturated carbocycles. The lowest BCUT2D eigenvalue weighted by Crippen LogP contribution is -2.17. The van der Waals surface area contributed by atoms with Crippen LogP contribution in [0.3, 0.4) is 0 Å². The summed E-state index contributed by atoms with van der Waals surface area (Å²) in [6.07, 6.45) is 3.43. The molecule has 18 heavy (non-hydrogen) atoms. The maximum absolute atomic E-state index is 11.8. The van der Waals surface area contributed by atoms with E-state index < -0.39 is 0 Å². The van der Waals surface area contributed by atoms with Crippen LogP contribution in [0.1, 0.15) is 19.4 Å². The summed E-state index contributed by atoms with van der Waals surface area (Å²) < 4.78 is 2.65. The monoisotopic (exact) mass is 308 g/mol. The van der Waals surface area contributed by atoms with Gasteiger partial charge in [-0.3, -0.25) is 4.79 Å². The number of rotatable bonds is 4. The predicted octanol–water partition coefficient (Wildman–Crippen LogP) is 2.63. The molecule has 5 nitrogen and oxygen atoms in total. The molecule has 1 aromatic carbocycles. The van der Waals surface area contributed by atoms with E-state index >= 15 is 0 Å². The number of amides is 1. The van der Waals surface area contributed by atoms with Gasteiger partial charge in [0.05, 0.1) is 6.04 Å². The van der Waals surface area contributed by atoms with Crippen LogP contribution in [0.5, 0.6) is 0 Å². The van der Waals surface area contributed by atoms with E-state index in [0.29, 0.717) is 6.42 Å². The highest BCUT2D eigenvalue weighted by Gasteiger charge is 2.11. The normalized spacial score (nSPS) is 12.1. The lowest BCUT2D eigenvalue weighted by molar-refractivity contribution is -0.116. The first-order valence-corrected chi connectivity index (χ1v) is 6.34. The van der Waals surface area contributed by atoms with Crippen LogP contribution >= 0.6 is 15.9 Å². The molecule has 0 radical (unpaired) electrons. The Morgan fingerprint density at radius 1 is 1.44 bits per heavy atom. The maximum atomic E-state index is 11.8.